The number of hydrogen-bond donors (Lipinski definition) is 0. The molecule has 0 saturated carbocycles. The molecule has 28 heavy (non-hydrogen) atoms. The van der Waals surface area contributed by atoms with E-state index in [0.717, 1.165) is 11.1 Å². The molecule has 4 nitrogen and oxygen atoms in total. The maximum atomic E-state index is 13.1. The van der Waals surface area contributed by atoms with E-state index in [0.29, 0.717) is 22.3 Å². The van der Waals surface area contributed by atoms with Gasteiger partial charge in [0.1, 0.15) is 0 Å². The van der Waals surface area contributed by atoms with Gasteiger partial charge in [0.15, 0.2) is 0 Å². The molecule has 3 aromatic carbocycles. The molecule has 0 fully saturated rings. The molecular formula is C24H14O4. The van der Waals surface area contributed by atoms with Crippen LogP contribution in [0.4, 0.5) is 0 Å². The number of hydrogen-bond acceptors (Lipinski definition) is 4. The van der Waals surface area contributed by atoms with Gasteiger partial charge in [-0.2, -0.15) is 0 Å². The van der Waals surface area contributed by atoms with Crippen LogP contribution in [-0.4, -0.2) is 0 Å². The normalized spacial score (nSPS) is 11.8. The van der Waals surface area contributed by atoms with Gasteiger partial charge in [0, 0.05) is 32.7 Å². The lowest BCUT2D eigenvalue weighted by molar-refractivity contribution is 1.44. The maximum absolute atomic E-state index is 13.1. The van der Waals surface area contributed by atoms with E-state index in [4.69, 9.17) is 0 Å². The van der Waals surface area contributed by atoms with Gasteiger partial charge in [0.25, 0.3) is 0 Å². The Morgan fingerprint density at radius 3 is 1.89 bits per heavy atom. The molecule has 0 bridgehead atoms. The first-order valence-corrected chi connectivity index (χ1v) is 8.96. The maximum Gasteiger partial charge on any atom is 0.234 e. The van der Waals surface area contributed by atoms with E-state index < -0.39 is 21.7 Å². The van der Waals surface area contributed by atoms with Crippen molar-refractivity contribution in [1.29, 1.82) is 0 Å². The summed E-state index contributed by atoms with van der Waals surface area (Å²) in [5.74, 6) is 0. The minimum Gasteiger partial charge on any atom is -0.285 e. The molecule has 0 amide bonds. The summed E-state index contributed by atoms with van der Waals surface area (Å²) in [4.78, 5) is 51.4. The van der Waals surface area contributed by atoms with E-state index >= 15 is 0 Å². The third-order valence-electron chi connectivity index (χ3n) is 5.55. The van der Waals surface area contributed by atoms with Crippen LogP contribution < -0.4 is 21.7 Å². The van der Waals surface area contributed by atoms with Crippen LogP contribution >= 0.6 is 0 Å². The molecule has 2 aliphatic carbocycles. The molecule has 0 spiro atoms. The molecule has 4 heteroatoms. The summed E-state index contributed by atoms with van der Waals surface area (Å²) in [5, 5.41) is 0.838. The number of benzene rings is 5. The highest BCUT2D eigenvalue weighted by Crippen LogP contribution is 2.39. The van der Waals surface area contributed by atoms with Crippen molar-refractivity contribution < 1.29 is 0 Å². The Labute approximate surface area is 158 Å². The highest BCUT2D eigenvalue weighted by molar-refractivity contribution is 6.15. The van der Waals surface area contributed by atoms with Crippen molar-refractivity contribution in [1.82, 2.24) is 0 Å². The zero-order chi connectivity index (χ0) is 19.7. The summed E-state index contributed by atoms with van der Waals surface area (Å²) in [7, 11) is 0. The van der Waals surface area contributed by atoms with Gasteiger partial charge in [-0.05, 0) is 42.7 Å². The molecule has 0 N–H and O–H groups in total. The van der Waals surface area contributed by atoms with E-state index in [1.165, 1.54) is 0 Å². The van der Waals surface area contributed by atoms with E-state index in [9.17, 15) is 19.2 Å². The predicted molar refractivity (Wildman–Crippen MR) is 112 cm³/mol. The van der Waals surface area contributed by atoms with E-state index in [1.54, 1.807) is 31.2 Å². The average Bonchev–Trinajstić information content (AvgIpc) is 2.69. The smallest absolute Gasteiger partial charge is 0.234 e. The van der Waals surface area contributed by atoms with Crippen molar-refractivity contribution in [2.45, 2.75) is 13.8 Å². The SMILES string of the molecule is Cc1cccc(-c2ccc3c4c2c(=O)c(=O)c2ccc(C)c(c2-4)c(=O)c3=O)c1. The van der Waals surface area contributed by atoms with E-state index in [-0.39, 0.29) is 21.5 Å². The molecule has 134 valence electrons. The number of rotatable bonds is 1. The van der Waals surface area contributed by atoms with Crippen LogP contribution in [0.3, 0.4) is 0 Å². The Bertz CT molecular complexity index is 1600. The Kier molecular flexibility index (Phi) is 3.20. The fraction of sp³-hybridized carbons (Fsp3) is 0.0833. The second-order valence-electron chi connectivity index (χ2n) is 7.28. The van der Waals surface area contributed by atoms with E-state index in [1.807, 2.05) is 31.2 Å². The van der Waals surface area contributed by atoms with Gasteiger partial charge in [0.05, 0.1) is 0 Å². The quantitative estimate of drug-likeness (QED) is 0.338. The molecular weight excluding hydrogens is 352 g/mol. The van der Waals surface area contributed by atoms with Gasteiger partial charge >= 0.3 is 0 Å². The first-order valence-electron chi connectivity index (χ1n) is 8.96. The van der Waals surface area contributed by atoms with Crippen molar-refractivity contribution in [2.75, 3.05) is 0 Å². The van der Waals surface area contributed by atoms with Gasteiger partial charge in [-0.1, -0.05) is 42.0 Å². The van der Waals surface area contributed by atoms with Crippen molar-refractivity contribution in [3.8, 4) is 22.3 Å². The summed E-state index contributed by atoms with van der Waals surface area (Å²) >= 11 is 0. The minimum absolute atomic E-state index is 0.191. The molecule has 0 heterocycles. The average molecular weight is 366 g/mol. The molecule has 0 radical (unpaired) electrons. The zero-order valence-corrected chi connectivity index (χ0v) is 15.3. The standard InChI is InChI=1S/C24H14O4/c1-11-4-3-5-13(10-11)14-8-9-16-19-18-15(22(26)24(28)20(14)19)7-6-12(2)17(18)23(27)21(16)25/h3-10H,1-2H3. The lowest BCUT2D eigenvalue weighted by atomic mass is 9.82. The fourth-order valence-electron chi connectivity index (χ4n) is 4.26. The van der Waals surface area contributed by atoms with Gasteiger partial charge in [-0.25, -0.2) is 0 Å². The first-order chi connectivity index (χ1) is 13.4. The monoisotopic (exact) mass is 366 g/mol. The van der Waals surface area contributed by atoms with Crippen molar-refractivity contribution in [3.63, 3.8) is 0 Å². The molecule has 0 aromatic heterocycles. The lowest BCUT2D eigenvalue weighted by Crippen LogP contribution is -2.32. The van der Waals surface area contributed by atoms with Crippen LogP contribution in [0.25, 0.3) is 43.8 Å². The second kappa shape index (κ2) is 5.42. The third-order valence-corrected chi connectivity index (χ3v) is 5.55. The van der Waals surface area contributed by atoms with Crippen LogP contribution in [0.1, 0.15) is 11.1 Å². The predicted octanol–water partition coefficient (Wildman–Crippen LogP) is 3.14. The Morgan fingerprint density at radius 1 is 0.607 bits per heavy atom. The largest absolute Gasteiger partial charge is 0.285 e. The topological polar surface area (TPSA) is 68.3 Å². The first kappa shape index (κ1) is 16.5. The van der Waals surface area contributed by atoms with Gasteiger partial charge in [0.2, 0.25) is 21.7 Å². The Morgan fingerprint density at radius 2 is 1.21 bits per heavy atom. The summed E-state index contributed by atoms with van der Waals surface area (Å²) in [6.07, 6.45) is 0. The molecule has 5 rings (SSSR count). The molecule has 0 atom stereocenters. The molecule has 3 aromatic rings. The minimum atomic E-state index is -0.642. The van der Waals surface area contributed by atoms with Crippen LogP contribution in [-0.2, 0) is 0 Å². The summed E-state index contributed by atoms with van der Waals surface area (Å²) in [6, 6.07) is 14.1. The van der Waals surface area contributed by atoms with Gasteiger partial charge in [-0.15, -0.1) is 0 Å². The summed E-state index contributed by atoms with van der Waals surface area (Å²) < 4.78 is 0. The van der Waals surface area contributed by atoms with Gasteiger partial charge in [-0.3, -0.25) is 19.2 Å². The van der Waals surface area contributed by atoms with Crippen molar-refractivity contribution >= 4 is 21.5 Å². The summed E-state index contributed by atoms with van der Waals surface area (Å²) in [6.45, 7) is 3.68. The molecule has 0 saturated heterocycles. The van der Waals surface area contributed by atoms with Crippen LogP contribution in [0.15, 0.2) is 67.7 Å². The number of aryl methyl sites for hydroxylation is 2. The van der Waals surface area contributed by atoms with Crippen molar-refractivity contribution in [2.24, 2.45) is 0 Å². The van der Waals surface area contributed by atoms with Crippen molar-refractivity contribution in [3.05, 3.63) is 101 Å². The molecule has 0 aliphatic heterocycles. The second-order valence-corrected chi connectivity index (χ2v) is 7.28. The zero-order valence-electron chi connectivity index (χ0n) is 15.3. The highest BCUT2D eigenvalue weighted by atomic mass is 16.2. The van der Waals surface area contributed by atoms with E-state index in [2.05, 4.69) is 0 Å². The molecule has 0 unspecified atom stereocenters. The van der Waals surface area contributed by atoms with Crippen LogP contribution in [0, 0.1) is 13.8 Å². The summed E-state index contributed by atoms with van der Waals surface area (Å²) in [5.41, 5.74) is 1.32. The van der Waals surface area contributed by atoms with Crippen LogP contribution in [0.2, 0.25) is 0 Å². The highest BCUT2D eigenvalue weighted by Gasteiger charge is 2.27. The molecule has 2 aliphatic rings. The fourth-order valence-corrected chi connectivity index (χ4v) is 4.26. The third kappa shape index (κ3) is 1.94. The Balaban J connectivity index is 2.17. The van der Waals surface area contributed by atoms with Crippen LogP contribution in [0.5, 0.6) is 0 Å². The Hall–Kier alpha value is -3.66. The lowest BCUT2D eigenvalue weighted by Gasteiger charge is -2.18. The van der Waals surface area contributed by atoms with Gasteiger partial charge < -0.3 is 0 Å².